The van der Waals surface area contributed by atoms with Crippen LogP contribution in [0.3, 0.4) is 0 Å². The van der Waals surface area contributed by atoms with Crippen molar-refractivity contribution in [3.8, 4) is 0 Å². The molecular weight excluding hydrogens is 132 g/mol. The molecule has 4 aliphatic carbocycles. The largest absolute Gasteiger partial charge is 0.0470 e. The molecule has 4 saturated carbocycles. The van der Waals surface area contributed by atoms with E-state index in [9.17, 15) is 0 Å². The van der Waals surface area contributed by atoms with Crippen LogP contribution in [0.15, 0.2) is 0 Å². The summed E-state index contributed by atoms with van der Waals surface area (Å²) >= 11 is 0. The Morgan fingerprint density at radius 2 is 0.818 bits per heavy atom. The quantitative estimate of drug-likeness (QED) is 0.495. The van der Waals surface area contributed by atoms with Gasteiger partial charge in [0.05, 0.1) is 0 Å². The van der Waals surface area contributed by atoms with Crippen LogP contribution in [-0.2, 0) is 0 Å². The van der Waals surface area contributed by atoms with Crippen LogP contribution in [0.1, 0.15) is 51.4 Å². The average Bonchev–Trinajstić information content (AvgIpc) is 2.57. The second-order valence-corrected chi connectivity index (χ2v) is 6.21. The Balaban J connectivity index is 1.52. The standard InChI is InChI=1S/C11H16/c1-2-9(1)5-11(6-9)7-10(8-11)3-4-10/h1-8H2. The van der Waals surface area contributed by atoms with Crippen LogP contribution < -0.4 is 0 Å². The van der Waals surface area contributed by atoms with E-state index in [-0.39, 0.29) is 0 Å². The molecule has 11 heavy (non-hydrogen) atoms. The number of hydrogen-bond donors (Lipinski definition) is 0. The summed E-state index contributed by atoms with van der Waals surface area (Å²) in [5.41, 5.74) is 2.85. The van der Waals surface area contributed by atoms with Gasteiger partial charge in [0.25, 0.3) is 0 Å². The van der Waals surface area contributed by atoms with Crippen molar-refractivity contribution >= 4 is 0 Å². The molecule has 4 aliphatic rings. The lowest BCUT2D eigenvalue weighted by Crippen LogP contribution is -2.49. The molecule has 0 radical (unpaired) electrons. The van der Waals surface area contributed by atoms with Crippen molar-refractivity contribution in [1.29, 1.82) is 0 Å². The zero-order chi connectivity index (χ0) is 7.16. The Kier molecular flexibility index (Phi) is 0.611. The van der Waals surface area contributed by atoms with Crippen molar-refractivity contribution in [2.75, 3.05) is 0 Å². The molecule has 4 rings (SSSR count). The van der Waals surface area contributed by atoms with E-state index in [1.807, 2.05) is 0 Å². The van der Waals surface area contributed by atoms with Crippen LogP contribution in [0.5, 0.6) is 0 Å². The molecule has 0 nitrogen and oxygen atoms in total. The lowest BCUT2D eigenvalue weighted by molar-refractivity contribution is -0.0925. The Morgan fingerprint density at radius 1 is 0.455 bits per heavy atom. The van der Waals surface area contributed by atoms with Gasteiger partial charge in [-0.05, 0) is 67.6 Å². The molecule has 0 aromatic heterocycles. The van der Waals surface area contributed by atoms with Gasteiger partial charge in [0, 0.05) is 0 Å². The third-order valence-electron chi connectivity index (χ3n) is 4.91. The second kappa shape index (κ2) is 1.20. The number of hydrogen-bond acceptors (Lipinski definition) is 0. The van der Waals surface area contributed by atoms with Crippen LogP contribution in [-0.4, -0.2) is 0 Å². The summed E-state index contributed by atoms with van der Waals surface area (Å²) in [6, 6.07) is 0. The van der Waals surface area contributed by atoms with Crippen LogP contribution in [0.25, 0.3) is 0 Å². The van der Waals surface area contributed by atoms with Gasteiger partial charge in [-0.1, -0.05) is 0 Å². The fourth-order valence-electron chi connectivity index (χ4n) is 4.39. The van der Waals surface area contributed by atoms with Gasteiger partial charge in [0.15, 0.2) is 0 Å². The second-order valence-electron chi connectivity index (χ2n) is 6.21. The van der Waals surface area contributed by atoms with Crippen molar-refractivity contribution in [2.24, 2.45) is 16.2 Å². The molecule has 0 bridgehead atoms. The molecule has 0 saturated heterocycles. The molecule has 0 aromatic carbocycles. The molecule has 4 fully saturated rings. The molecular formula is C11H16. The number of rotatable bonds is 0. The highest BCUT2D eigenvalue weighted by molar-refractivity contribution is 5.21. The maximum absolute atomic E-state index is 1.64. The monoisotopic (exact) mass is 148 g/mol. The summed E-state index contributed by atoms with van der Waals surface area (Å²) in [7, 11) is 0. The Labute approximate surface area is 68.4 Å². The normalized spacial score (nSPS) is 43.6. The predicted molar refractivity (Wildman–Crippen MR) is 44.2 cm³/mol. The highest BCUT2D eigenvalue weighted by Crippen LogP contribution is 2.82. The van der Waals surface area contributed by atoms with Gasteiger partial charge in [-0.25, -0.2) is 0 Å². The summed E-state index contributed by atoms with van der Waals surface area (Å²) in [6.45, 7) is 0. The van der Waals surface area contributed by atoms with Crippen molar-refractivity contribution in [3.63, 3.8) is 0 Å². The molecule has 3 spiro atoms. The van der Waals surface area contributed by atoms with Crippen LogP contribution in [0, 0.1) is 16.2 Å². The first-order valence-corrected chi connectivity index (χ1v) is 5.24. The molecule has 0 unspecified atom stereocenters. The van der Waals surface area contributed by atoms with E-state index in [1.54, 1.807) is 51.4 Å². The Hall–Kier alpha value is 0. The SMILES string of the molecule is C1CC12CC1(C2)CC2(CC2)C1. The van der Waals surface area contributed by atoms with E-state index < -0.39 is 0 Å². The van der Waals surface area contributed by atoms with Crippen molar-refractivity contribution in [2.45, 2.75) is 51.4 Å². The lowest BCUT2D eigenvalue weighted by atomic mass is 9.45. The summed E-state index contributed by atoms with van der Waals surface area (Å²) in [4.78, 5) is 0. The summed E-state index contributed by atoms with van der Waals surface area (Å²) < 4.78 is 0. The summed E-state index contributed by atoms with van der Waals surface area (Å²) in [6.07, 6.45) is 12.9. The van der Waals surface area contributed by atoms with Crippen LogP contribution >= 0.6 is 0 Å². The first-order chi connectivity index (χ1) is 5.24. The first-order valence-electron chi connectivity index (χ1n) is 5.24. The van der Waals surface area contributed by atoms with Gasteiger partial charge in [-0.15, -0.1) is 0 Å². The minimum Gasteiger partial charge on any atom is -0.0470 e. The van der Waals surface area contributed by atoms with Crippen molar-refractivity contribution in [3.05, 3.63) is 0 Å². The third kappa shape index (κ3) is 0.554. The summed E-state index contributed by atoms with van der Waals surface area (Å²) in [5, 5.41) is 0. The lowest BCUT2D eigenvalue weighted by Gasteiger charge is -2.59. The van der Waals surface area contributed by atoms with Crippen LogP contribution in [0.4, 0.5) is 0 Å². The fourth-order valence-corrected chi connectivity index (χ4v) is 4.39. The molecule has 0 heteroatoms. The fraction of sp³-hybridized carbons (Fsp3) is 1.00. The van der Waals surface area contributed by atoms with E-state index in [2.05, 4.69) is 0 Å². The molecule has 0 heterocycles. The molecule has 0 aliphatic heterocycles. The van der Waals surface area contributed by atoms with Gasteiger partial charge < -0.3 is 0 Å². The maximum Gasteiger partial charge on any atom is -0.0276 e. The third-order valence-corrected chi connectivity index (χ3v) is 4.91. The van der Waals surface area contributed by atoms with E-state index in [0.29, 0.717) is 0 Å². The van der Waals surface area contributed by atoms with E-state index in [4.69, 9.17) is 0 Å². The van der Waals surface area contributed by atoms with Gasteiger partial charge in [0.1, 0.15) is 0 Å². The van der Waals surface area contributed by atoms with Crippen molar-refractivity contribution in [1.82, 2.24) is 0 Å². The topological polar surface area (TPSA) is 0 Å². The highest BCUT2D eigenvalue weighted by Gasteiger charge is 2.70. The molecule has 0 amide bonds. The molecule has 60 valence electrons. The molecule has 0 atom stereocenters. The van der Waals surface area contributed by atoms with E-state index in [1.165, 1.54) is 0 Å². The van der Waals surface area contributed by atoms with Crippen molar-refractivity contribution < 1.29 is 0 Å². The maximum atomic E-state index is 1.64. The zero-order valence-corrected chi connectivity index (χ0v) is 7.16. The average molecular weight is 148 g/mol. The zero-order valence-electron chi connectivity index (χ0n) is 7.16. The van der Waals surface area contributed by atoms with Crippen LogP contribution in [0.2, 0.25) is 0 Å². The minimum atomic E-state index is 0.938. The first kappa shape index (κ1) is 5.61. The Bertz CT molecular complexity index is 185. The highest BCUT2D eigenvalue weighted by atomic mass is 14.7. The van der Waals surface area contributed by atoms with Gasteiger partial charge in [-0.2, -0.15) is 0 Å². The summed E-state index contributed by atoms with van der Waals surface area (Å²) in [5.74, 6) is 0. The van der Waals surface area contributed by atoms with E-state index in [0.717, 1.165) is 16.2 Å². The van der Waals surface area contributed by atoms with E-state index >= 15 is 0 Å². The van der Waals surface area contributed by atoms with Gasteiger partial charge in [0.2, 0.25) is 0 Å². The molecule has 0 aromatic rings. The smallest absolute Gasteiger partial charge is 0.0276 e. The molecule has 0 N–H and O–H groups in total. The predicted octanol–water partition coefficient (Wildman–Crippen LogP) is 3.12. The van der Waals surface area contributed by atoms with Gasteiger partial charge in [-0.3, -0.25) is 0 Å². The van der Waals surface area contributed by atoms with Gasteiger partial charge >= 0.3 is 0 Å². The minimum absolute atomic E-state index is 0.938. The Morgan fingerprint density at radius 3 is 1.09 bits per heavy atom.